The van der Waals surface area contributed by atoms with Gasteiger partial charge in [0.15, 0.2) is 0 Å². The Hall–Kier alpha value is -1.39. The lowest BCUT2D eigenvalue weighted by Gasteiger charge is -2.37. The largest absolute Gasteiger partial charge is 0.339 e. The number of hydrogen-bond acceptors (Lipinski definition) is 3. The average Bonchev–Trinajstić information content (AvgIpc) is 2.52. The minimum atomic E-state index is -0.313. The Balaban J connectivity index is 2.18. The van der Waals surface area contributed by atoms with E-state index in [1.165, 1.54) is 5.56 Å². The molecule has 1 saturated heterocycles. The fraction of sp³-hybridized carbons (Fsp3) is 0.588. The summed E-state index contributed by atoms with van der Waals surface area (Å²) in [5.74, 6) is 0.106. The zero-order chi connectivity index (χ0) is 15.2. The van der Waals surface area contributed by atoms with Gasteiger partial charge in [-0.25, -0.2) is 0 Å². The number of nitrogens with zero attached hydrogens (tertiary/aromatic N) is 2. The molecule has 0 spiro atoms. The second-order valence-electron chi connectivity index (χ2n) is 5.68. The molecule has 4 heteroatoms. The minimum absolute atomic E-state index is 0.106. The molecule has 1 aromatic carbocycles. The van der Waals surface area contributed by atoms with E-state index in [9.17, 15) is 4.79 Å². The van der Waals surface area contributed by atoms with Gasteiger partial charge >= 0.3 is 0 Å². The van der Waals surface area contributed by atoms with Gasteiger partial charge in [-0.3, -0.25) is 9.69 Å². The van der Waals surface area contributed by atoms with E-state index in [2.05, 4.69) is 43.0 Å². The smallest absolute Gasteiger partial charge is 0.239 e. The number of carbonyl (C=O) groups excluding carboxylic acids is 1. The maximum atomic E-state index is 12.3. The first-order valence-corrected chi connectivity index (χ1v) is 8.00. The van der Waals surface area contributed by atoms with Crippen LogP contribution in [0.1, 0.15) is 38.3 Å². The highest BCUT2D eigenvalue weighted by Crippen LogP contribution is 2.23. The van der Waals surface area contributed by atoms with Crippen LogP contribution in [0.15, 0.2) is 30.3 Å². The summed E-state index contributed by atoms with van der Waals surface area (Å²) in [5.41, 5.74) is 7.19. The molecule has 4 nitrogen and oxygen atoms in total. The lowest BCUT2D eigenvalue weighted by Crippen LogP contribution is -2.51. The maximum Gasteiger partial charge on any atom is 0.239 e. The Labute approximate surface area is 127 Å². The third-order valence-electron chi connectivity index (χ3n) is 4.40. The lowest BCUT2D eigenvalue weighted by atomic mass is 10.0. The van der Waals surface area contributed by atoms with Crippen LogP contribution >= 0.6 is 0 Å². The summed E-state index contributed by atoms with van der Waals surface area (Å²) in [6.07, 6.45) is 1.82. The van der Waals surface area contributed by atoms with Crippen molar-refractivity contribution >= 4 is 5.91 Å². The van der Waals surface area contributed by atoms with Crippen molar-refractivity contribution in [2.45, 2.75) is 38.8 Å². The van der Waals surface area contributed by atoms with Crippen LogP contribution in [0.2, 0.25) is 0 Å². The molecule has 0 aromatic heterocycles. The van der Waals surface area contributed by atoms with Crippen molar-refractivity contribution in [1.82, 2.24) is 9.80 Å². The zero-order valence-electron chi connectivity index (χ0n) is 13.2. The second kappa shape index (κ2) is 7.57. The molecule has 2 N–H and O–H groups in total. The zero-order valence-corrected chi connectivity index (χ0v) is 13.2. The highest BCUT2D eigenvalue weighted by molar-refractivity contribution is 5.82. The van der Waals surface area contributed by atoms with Gasteiger partial charge < -0.3 is 10.6 Å². The van der Waals surface area contributed by atoms with Gasteiger partial charge in [-0.05, 0) is 31.5 Å². The third kappa shape index (κ3) is 3.83. The van der Waals surface area contributed by atoms with Crippen LogP contribution in [-0.2, 0) is 4.79 Å². The first-order chi connectivity index (χ1) is 10.2. The molecule has 1 aliphatic rings. The highest BCUT2D eigenvalue weighted by Gasteiger charge is 2.29. The number of rotatable bonds is 6. The monoisotopic (exact) mass is 289 g/mol. The Morgan fingerprint density at radius 1 is 1.29 bits per heavy atom. The standard InChI is InChI=1S/C17H27N3O/c1-3-19(4-2)16(14-9-6-5-7-10-14)13-20-12-8-11-15(18)17(20)21/h5-7,9-10,15-16H,3-4,8,11-13,18H2,1-2H3. The van der Waals surface area contributed by atoms with Crippen molar-refractivity contribution in [2.24, 2.45) is 5.73 Å². The number of likely N-dealkylation sites (tertiary alicyclic amines) is 1. The summed E-state index contributed by atoms with van der Waals surface area (Å²) < 4.78 is 0. The predicted molar refractivity (Wildman–Crippen MR) is 85.9 cm³/mol. The van der Waals surface area contributed by atoms with E-state index in [-0.39, 0.29) is 18.0 Å². The van der Waals surface area contributed by atoms with Crippen LogP contribution < -0.4 is 5.73 Å². The summed E-state index contributed by atoms with van der Waals surface area (Å²) in [6.45, 7) is 7.86. The number of carbonyl (C=O) groups is 1. The molecule has 21 heavy (non-hydrogen) atoms. The molecular formula is C17H27N3O. The first kappa shape index (κ1) is 16.0. The van der Waals surface area contributed by atoms with Crippen LogP contribution in [0.5, 0.6) is 0 Å². The van der Waals surface area contributed by atoms with Gasteiger partial charge in [-0.15, -0.1) is 0 Å². The van der Waals surface area contributed by atoms with E-state index in [4.69, 9.17) is 5.73 Å². The molecule has 0 radical (unpaired) electrons. The Kier molecular flexibility index (Phi) is 5.76. The normalized spacial score (nSPS) is 20.9. The van der Waals surface area contributed by atoms with Crippen molar-refractivity contribution < 1.29 is 4.79 Å². The van der Waals surface area contributed by atoms with E-state index >= 15 is 0 Å². The quantitative estimate of drug-likeness (QED) is 0.871. The summed E-state index contributed by atoms with van der Waals surface area (Å²) in [6, 6.07) is 10.4. The minimum Gasteiger partial charge on any atom is -0.339 e. The van der Waals surface area contributed by atoms with E-state index < -0.39 is 0 Å². The second-order valence-corrected chi connectivity index (χ2v) is 5.68. The van der Waals surface area contributed by atoms with Crippen LogP contribution in [-0.4, -0.2) is 47.9 Å². The van der Waals surface area contributed by atoms with Crippen molar-refractivity contribution in [3.63, 3.8) is 0 Å². The molecule has 0 aliphatic carbocycles. The Bertz CT molecular complexity index is 445. The fourth-order valence-corrected chi connectivity index (χ4v) is 3.13. The molecule has 1 heterocycles. The molecule has 116 valence electrons. The first-order valence-electron chi connectivity index (χ1n) is 8.00. The summed E-state index contributed by atoms with van der Waals surface area (Å²) in [5, 5.41) is 0. The van der Waals surface area contributed by atoms with Crippen LogP contribution in [0, 0.1) is 0 Å². The van der Waals surface area contributed by atoms with Gasteiger partial charge in [0.2, 0.25) is 5.91 Å². The number of hydrogen-bond donors (Lipinski definition) is 1. The number of piperidine rings is 1. The maximum absolute atomic E-state index is 12.3. The van der Waals surface area contributed by atoms with Gasteiger partial charge in [-0.2, -0.15) is 0 Å². The van der Waals surface area contributed by atoms with E-state index in [1.807, 2.05) is 11.0 Å². The van der Waals surface area contributed by atoms with E-state index in [1.54, 1.807) is 0 Å². The van der Waals surface area contributed by atoms with Crippen molar-refractivity contribution in [3.05, 3.63) is 35.9 Å². The molecule has 2 rings (SSSR count). The molecule has 1 fully saturated rings. The number of amides is 1. The van der Waals surface area contributed by atoms with Gasteiger partial charge in [0.1, 0.15) is 0 Å². The van der Waals surface area contributed by atoms with Crippen LogP contribution in [0.3, 0.4) is 0 Å². The van der Waals surface area contributed by atoms with Crippen molar-refractivity contribution in [1.29, 1.82) is 0 Å². The average molecular weight is 289 g/mol. The summed E-state index contributed by atoms with van der Waals surface area (Å²) in [4.78, 5) is 16.6. The lowest BCUT2D eigenvalue weighted by molar-refractivity contribution is -0.135. The molecule has 2 unspecified atom stereocenters. The predicted octanol–water partition coefficient (Wildman–Crippen LogP) is 2.02. The number of likely N-dealkylation sites (N-methyl/N-ethyl adjacent to an activating group) is 1. The topological polar surface area (TPSA) is 49.6 Å². The Morgan fingerprint density at radius 3 is 2.57 bits per heavy atom. The molecular weight excluding hydrogens is 262 g/mol. The molecule has 2 atom stereocenters. The Morgan fingerprint density at radius 2 is 1.95 bits per heavy atom. The number of benzene rings is 1. The fourth-order valence-electron chi connectivity index (χ4n) is 3.13. The molecule has 0 saturated carbocycles. The highest BCUT2D eigenvalue weighted by atomic mass is 16.2. The van der Waals surface area contributed by atoms with E-state index in [0.29, 0.717) is 0 Å². The van der Waals surface area contributed by atoms with Crippen LogP contribution in [0.4, 0.5) is 0 Å². The van der Waals surface area contributed by atoms with Crippen LogP contribution in [0.25, 0.3) is 0 Å². The van der Waals surface area contributed by atoms with Gasteiger partial charge in [0.05, 0.1) is 12.1 Å². The van der Waals surface area contributed by atoms with Gasteiger partial charge in [0, 0.05) is 13.1 Å². The van der Waals surface area contributed by atoms with Gasteiger partial charge in [-0.1, -0.05) is 44.2 Å². The van der Waals surface area contributed by atoms with Crippen molar-refractivity contribution in [2.75, 3.05) is 26.2 Å². The molecule has 1 aliphatic heterocycles. The summed E-state index contributed by atoms with van der Waals surface area (Å²) >= 11 is 0. The molecule has 1 amide bonds. The van der Waals surface area contributed by atoms with Crippen molar-refractivity contribution in [3.8, 4) is 0 Å². The number of nitrogens with two attached hydrogens (primary N) is 1. The summed E-state index contributed by atoms with van der Waals surface area (Å²) in [7, 11) is 0. The molecule has 0 bridgehead atoms. The molecule has 1 aromatic rings. The van der Waals surface area contributed by atoms with Gasteiger partial charge in [0.25, 0.3) is 0 Å². The third-order valence-corrected chi connectivity index (χ3v) is 4.40. The van der Waals surface area contributed by atoms with E-state index in [0.717, 1.165) is 39.0 Å². The SMILES string of the molecule is CCN(CC)C(CN1CCCC(N)C1=O)c1ccccc1.